The van der Waals surface area contributed by atoms with Crippen molar-refractivity contribution >= 4 is 17.6 Å². The number of ether oxygens (including phenoxy) is 1. The number of anilines is 1. The van der Waals surface area contributed by atoms with Gasteiger partial charge in [0.1, 0.15) is 5.75 Å². The van der Waals surface area contributed by atoms with E-state index >= 15 is 0 Å². The maximum Gasteiger partial charge on any atom is 0.341 e. The number of hydrogen-bond donors (Lipinski definition) is 2. The first-order valence-electron chi connectivity index (χ1n) is 7.23. The van der Waals surface area contributed by atoms with Crippen molar-refractivity contribution in [3.05, 3.63) is 23.8 Å². The van der Waals surface area contributed by atoms with Crippen molar-refractivity contribution in [3.63, 3.8) is 0 Å². The second-order valence-electron chi connectivity index (χ2n) is 5.60. The van der Waals surface area contributed by atoms with Crippen molar-refractivity contribution in [2.45, 2.75) is 39.5 Å². The molecule has 1 amide bonds. The monoisotopic (exact) mass is 291 g/mol. The van der Waals surface area contributed by atoms with E-state index in [1.54, 1.807) is 18.2 Å². The number of carbonyl (C=O) groups excluding carboxylic acids is 1. The summed E-state index contributed by atoms with van der Waals surface area (Å²) in [4.78, 5) is 22.9. The molecule has 1 aromatic carbocycles. The standard InChI is InChI=1S/C16H21NO4/c1-3-16(7-4-8-16)15(20)17-13-6-5-12(9-11(13)2)21-10-14(18)19/h5-6,9H,3-4,7-8,10H2,1-2H3,(H,17,20)(H,18,19). The maximum absolute atomic E-state index is 12.4. The number of carboxylic acids is 1. The number of aryl methyl sites for hydroxylation is 1. The minimum atomic E-state index is -1.01. The van der Waals surface area contributed by atoms with Crippen molar-refractivity contribution in [2.75, 3.05) is 11.9 Å². The van der Waals surface area contributed by atoms with Gasteiger partial charge in [-0.2, -0.15) is 0 Å². The number of nitrogens with one attached hydrogen (secondary N) is 1. The SMILES string of the molecule is CCC1(C(=O)Nc2ccc(OCC(=O)O)cc2C)CCC1. The molecule has 2 N–H and O–H groups in total. The van der Waals surface area contributed by atoms with Gasteiger partial charge in [-0.25, -0.2) is 4.79 Å². The molecule has 0 bridgehead atoms. The summed E-state index contributed by atoms with van der Waals surface area (Å²) in [5, 5.41) is 11.6. The van der Waals surface area contributed by atoms with Crippen LogP contribution in [0.25, 0.3) is 0 Å². The number of carbonyl (C=O) groups is 2. The van der Waals surface area contributed by atoms with Crippen LogP contribution in [0.5, 0.6) is 5.75 Å². The van der Waals surface area contributed by atoms with Crippen molar-refractivity contribution in [2.24, 2.45) is 5.41 Å². The summed E-state index contributed by atoms with van der Waals surface area (Å²) in [5.41, 5.74) is 1.41. The van der Waals surface area contributed by atoms with Crippen LogP contribution in [-0.4, -0.2) is 23.6 Å². The Morgan fingerprint density at radius 2 is 2.10 bits per heavy atom. The minimum absolute atomic E-state index is 0.0820. The summed E-state index contributed by atoms with van der Waals surface area (Å²) in [6, 6.07) is 5.16. The van der Waals surface area contributed by atoms with E-state index in [0.717, 1.165) is 36.9 Å². The molecule has 5 heteroatoms. The molecule has 0 radical (unpaired) electrons. The van der Waals surface area contributed by atoms with Crippen molar-refractivity contribution in [1.29, 1.82) is 0 Å². The maximum atomic E-state index is 12.4. The van der Waals surface area contributed by atoms with Gasteiger partial charge in [0.15, 0.2) is 6.61 Å². The van der Waals surface area contributed by atoms with Crippen LogP contribution in [0.15, 0.2) is 18.2 Å². The Labute approximate surface area is 124 Å². The third kappa shape index (κ3) is 3.35. The van der Waals surface area contributed by atoms with E-state index in [9.17, 15) is 9.59 Å². The summed E-state index contributed by atoms with van der Waals surface area (Å²) in [7, 11) is 0. The van der Waals surface area contributed by atoms with Gasteiger partial charge >= 0.3 is 5.97 Å². The molecule has 0 aromatic heterocycles. The first-order valence-corrected chi connectivity index (χ1v) is 7.23. The molecule has 21 heavy (non-hydrogen) atoms. The van der Waals surface area contributed by atoms with Crippen molar-refractivity contribution in [1.82, 2.24) is 0 Å². The molecule has 2 rings (SSSR count). The van der Waals surface area contributed by atoms with E-state index in [-0.39, 0.29) is 17.9 Å². The van der Waals surface area contributed by atoms with Crippen LogP contribution in [0, 0.1) is 12.3 Å². The Morgan fingerprint density at radius 1 is 1.38 bits per heavy atom. The first kappa shape index (κ1) is 15.4. The van der Waals surface area contributed by atoms with Crippen LogP contribution in [0.2, 0.25) is 0 Å². The topological polar surface area (TPSA) is 75.6 Å². The number of rotatable bonds is 6. The smallest absolute Gasteiger partial charge is 0.341 e. The number of benzene rings is 1. The Bertz CT molecular complexity index is 544. The Balaban J connectivity index is 2.04. The summed E-state index contributed by atoms with van der Waals surface area (Å²) < 4.78 is 5.12. The van der Waals surface area contributed by atoms with Gasteiger partial charge < -0.3 is 15.2 Å². The normalized spacial score (nSPS) is 15.9. The van der Waals surface area contributed by atoms with E-state index in [4.69, 9.17) is 9.84 Å². The van der Waals surface area contributed by atoms with Gasteiger partial charge in [0, 0.05) is 11.1 Å². The fourth-order valence-electron chi connectivity index (χ4n) is 2.61. The highest BCUT2D eigenvalue weighted by Gasteiger charge is 2.42. The molecule has 0 unspecified atom stereocenters. The van der Waals surface area contributed by atoms with Gasteiger partial charge in [-0.1, -0.05) is 13.3 Å². The van der Waals surface area contributed by atoms with E-state index in [2.05, 4.69) is 12.2 Å². The van der Waals surface area contributed by atoms with E-state index in [1.807, 2.05) is 6.92 Å². The number of carboxylic acid groups (broad SMARTS) is 1. The van der Waals surface area contributed by atoms with Gasteiger partial charge in [0.2, 0.25) is 5.91 Å². The Morgan fingerprint density at radius 3 is 2.57 bits per heavy atom. The molecule has 0 saturated heterocycles. The van der Waals surface area contributed by atoms with Gasteiger partial charge in [0.05, 0.1) is 0 Å². The van der Waals surface area contributed by atoms with Gasteiger partial charge in [-0.05, 0) is 49.9 Å². The van der Waals surface area contributed by atoms with Crippen LogP contribution in [0.4, 0.5) is 5.69 Å². The zero-order valence-corrected chi connectivity index (χ0v) is 12.4. The number of hydrogen-bond acceptors (Lipinski definition) is 3. The van der Waals surface area contributed by atoms with Gasteiger partial charge in [0.25, 0.3) is 0 Å². The number of aliphatic carboxylic acids is 1. The van der Waals surface area contributed by atoms with E-state index in [1.165, 1.54) is 0 Å². The fourth-order valence-corrected chi connectivity index (χ4v) is 2.61. The molecule has 5 nitrogen and oxygen atoms in total. The highest BCUT2D eigenvalue weighted by Crippen LogP contribution is 2.44. The van der Waals surface area contributed by atoms with Crippen molar-refractivity contribution in [3.8, 4) is 5.75 Å². The second kappa shape index (κ2) is 6.16. The molecule has 0 aliphatic heterocycles. The van der Waals surface area contributed by atoms with Crippen LogP contribution < -0.4 is 10.1 Å². The number of amides is 1. The lowest BCUT2D eigenvalue weighted by Crippen LogP contribution is -2.41. The molecule has 0 atom stereocenters. The lowest BCUT2D eigenvalue weighted by atomic mass is 9.66. The molecule has 1 aromatic rings. The Hall–Kier alpha value is -2.04. The second-order valence-corrected chi connectivity index (χ2v) is 5.60. The fraction of sp³-hybridized carbons (Fsp3) is 0.500. The summed E-state index contributed by atoms with van der Waals surface area (Å²) in [6.07, 6.45) is 3.88. The lowest BCUT2D eigenvalue weighted by Gasteiger charge is -2.39. The molecule has 1 saturated carbocycles. The third-order valence-electron chi connectivity index (χ3n) is 4.28. The van der Waals surface area contributed by atoms with Crippen LogP contribution >= 0.6 is 0 Å². The largest absolute Gasteiger partial charge is 0.482 e. The van der Waals surface area contributed by atoms with Crippen LogP contribution in [0.3, 0.4) is 0 Å². The van der Waals surface area contributed by atoms with Crippen LogP contribution in [-0.2, 0) is 9.59 Å². The molecule has 114 valence electrons. The average Bonchev–Trinajstić information content (AvgIpc) is 2.38. The average molecular weight is 291 g/mol. The molecule has 1 aliphatic rings. The third-order valence-corrected chi connectivity index (χ3v) is 4.28. The Kier molecular flexibility index (Phi) is 4.50. The summed E-state index contributed by atoms with van der Waals surface area (Å²) in [5.74, 6) is -0.444. The molecule has 1 aliphatic carbocycles. The quantitative estimate of drug-likeness (QED) is 0.845. The minimum Gasteiger partial charge on any atom is -0.482 e. The molecule has 1 fully saturated rings. The molecule has 0 spiro atoms. The lowest BCUT2D eigenvalue weighted by molar-refractivity contribution is -0.139. The van der Waals surface area contributed by atoms with Gasteiger partial charge in [-0.15, -0.1) is 0 Å². The van der Waals surface area contributed by atoms with Crippen LogP contribution in [0.1, 0.15) is 38.2 Å². The van der Waals surface area contributed by atoms with E-state index in [0.29, 0.717) is 5.75 Å². The summed E-state index contributed by atoms with van der Waals surface area (Å²) in [6.45, 7) is 3.54. The zero-order valence-electron chi connectivity index (χ0n) is 12.4. The predicted molar refractivity (Wildman–Crippen MR) is 79.5 cm³/mol. The highest BCUT2D eigenvalue weighted by atomic mass is 16.5. The predicted octanol–water partition coefficient (Wildman–Crippen LogP) is 2.98. The van der Waals surface area contributed by atoms with Crippen molar-refractivity contribution < 1.29 is 19.4 Å². The van der Waals surface area contributed by atoms with E-state index < -0.39 is 5.97 Å². The summed E-state index contributed by atoms with van der Waals surface area (Å²) >= 11 is 0. The molecule has 0 heterocycles. The molecular formula is C16H21NO4. The zero-order chi connectivity index (χ0) is 15.5. The molecular weight excluding hydrogens is 270 g/mol. The first-order chi connectivity index (χ1) is 9.97. The highest BCUT2D eigenvalue weighted by molar-refractivity contribution is 5.96. The van der Waals surface area contributed by atoms with Gasteiger partial charge in [-0.3, -0.25) is 4.79 Å².